The van der Waals surface area contributed by atoms with Gasteiger partial charge in [0.15, 0.2) is 0 Å². The maximum Gasteiger partial charge on any atom is 0.407 e. The van der Waals surface area contributed by atoms with E-state index >= 15 is 0 Å². The third kappa shape index (κ3) is 7.92. The summed E-state index contributed by atoms with van der Waals surface area (Å²) in [5.41, 5.74) is 2.29. The standard InChI is InChI=1S/C34H43N5O5/c1-7-14-24-17-12-18-26(21-24)31(40)38(20-13-19-35-33(42)43-34(4,5)6)27(8-2)29-36-30-28(23(3)37-44-30)32(41)39(29)22-25-15-10-9-11-16-25/h9-12,15-18,21,27H,7-8,13-14,19-20,22H2,1-6H3,(H,35,42). The zero-order chi connectivity index (χ0) is 31.9. The molecule has 0 bridgehead atoms. The van der Waals surface area contributed by atoms with Gasteiger partial charge in [0.05, 0.1) is 18.3 Å². The fraction of sp³-hybridized carbons (Fsp3) is 0.441. The van der Waals surface area contributed by atoms with Gasteiger partial charge in [-0.3, -0.25) is 14.2 Å². The Bertz CT molecular complexity index is 1640. The van der Waals surface area contributed by atoms with Crippen LogP contribution in [0.1, 0.15) is 92.9 Å². The number of ether oxygens (including phenoxy) is 1. The van der Waals surface area contributed by atoms with Crippen LogP contribution in [0.3, 0.4) is 0 Å². The van der Waals surface area contributed by atoms with Gasteiger partial charge >= 0.3 is 6.09 Å². The van der Waals surface area contributed by atoms with Crippen molar-refractivity contribution >= 4 is 23.1 Å². The lowest BCUT2D eigenvalue weighted by atomic mass is 10.0. The summed E-state index contributed by atoms with van der Waals surface area (Å²) in [6, 6.07) is 16.8. The molecule has 0 aliphatic carbocycles. The van der Waals surface area contributed by atoms with Crippen LogP contribution in [0.4, 0.5) is 4.79 Å². The molecule has 4 rings (SSSR count). The first-order chi connectivity index (χ1) is 21.0. The molecular weight excluding hydrogens is 558 g/mol. The number of amides is 2. The van der Waals surface area contributed by atoms with E-state index in [0.717, 1.165) is 24.0 Å². The first kappa shape index (κ1) is 32.4. The van der Waals surface area contributed by atoms with E-state index in [1.165, 1.54) is 0 Å². The summed E-state index contributed by atoms with van der Waals surface area (Å²) in [6.45, 7) is 12.1. The van der Waals surface area contributed by atoms with Crippen LogP contribution in [0, 0.1) is 6.92 Å². The van der Waals surface area contributed by atoms with Crippen LogP contribution in [-0.2, 0) is 17.7 Å². The highest BCUT2D eigenvalue weighted by Gasteiger charge is 2.30. The summed E-state index contributed by atoms with van der Waals surface area (Å²) in [6.07, 6.45) is 2.25. The molecule has 2 amide bonds. The van der Waals surface area contributed by atoms with E-state index in [1.54, 1.807) is 37.2 Å². The number of fused-ring (bicyclic) bond motifs is 1. The largest absolute Gasteiger partial charge is 0.444 e. The second-order valence-electron chi connectivity index (χ2n) is 12.0. The molecule has 1 unspecified atom stereocenters. The van der Waals surface area contributed by atoms with E-state index in [4.69, 9.17) is 14.2 Å². The number of benzene rings is 2. The number of rotatable bonds is 12. The molecule has 0 radical (unpaired) electrons. The molecule has 1 atom stereocenters. The number of carbonyl (C=O) groups is 2. The summed E-state index contributed by atoms with van der Waals surface area (Å²) in [4.78, 5) is 47.1. The maximum atomic E-state index is 14.3. The molecule has 4 aromatic rings. The molecule has 0 spiro atoms. The highest BCUT2D eigenvalue weighted by Crippen LogP contribution is 2.27. The number of nitrogens with zero attached hydrogens (tertiary/aromatic N) is 4. The van der Waals surface area contributed by atoms with Crippen LogP contribution < -0.4 is 10.9 Å². The maximum absolute atomic E-state index is 14.3. The lowest BCUT2D eigenvalue weighted by Gasteiger charge is -2.32. The fourth-order valence-electron chi connectivity index (χ4n) is 5.27. The van der Waals surface area contributed by atoms with E-state index < -0.39 is 17.7 Å². The summed E-state index contributed by atoms with van der Waals surface area (Å²) >= 11 is 0. The molecule has 10 nitrogen and oxygen atoms in total. The quantitative estimate of drug-likeness (QED) is 0.192. The van der Waals surface area contributed by atoms with Crippen LogP contribution in [-0.4, -0.2) is 50.3 Å². The third-order valence-corrected chi connectivity index (χ3v) is 7.26. The number of carbonyl (C=O) groups excluding carboxylic acids is 2. The zero-order valence-electron chi connectivity index (χ0n) is 26.6. The van der Waals surface area contributed by atoms with Crippen molar-refractivity contribution in [2.75, 3.05) is 13.1 Å². The highest BCUT2D eigenvalue weighted by atomic mass is 16.6. The number of aryl methyl sites for hydroxylation is 2. The Morgan fingerprint density at radius 2 is 1.80 bits per heavy atom. The molecule has 10 heteroatoms. The van der Waals surface area contributed by atoms with Gasteiger partial charge in [-0.2, -0.15) is 4.98 Å². The normalized spacial score (nSPS) is 12.2. The van der Waals surface area contributed by atoms with Crippen molar-refractivity contribution < 1.29 is 18.8 Å². The minimum atomic E-state index is -0.616. The molecule has 0 saturated heterocycles. The molecule has 44 heavy (non-hydrogen) atoms. The number of hydrogen-bond acceptors (Lipinski definition) is 7. The summed E-state index contributed by atoms with van der Waals surface area (Å²) in [5, 5.41) is 7.11. The second-order valence-corrected chi connectivity index (χ2v) is 12.0. The van der Waals surface area contributed by atoms with Gasteiger partial charge in [0, 0.05) is 18.7 Å². The summed E-state index contributed by atoms with van der Waals surface area (Å²) < 4.78 is 12.5. The molecule has 0 aliphatic heterocycles. The Balaban J connectivity index is 1.75. The lowest BCUT2D eigenvalue weighted by molar-refractivity contribution is 0.0523. The fourth-order valence-corrected chi connectivity index (χ4v) is 5.27. The highest BCUT2D eigenvalue weighted by molar-refractivity contribution is 5.94. The van der Waals surface area contributed by atoms with Crippen LogP contribution in [0.15, 0.2) is 63.9 Å². The van der Waals surface area contributed by atoms with E-state index in [9.17, 15) is 14.4 Å². The van der Waals surface area contributed by atoms with Crippen molar-refractivity contribution in [2.45, 2.75) is 85.4 Å². The zero-order valence-corrected chi connectivity index (χ0v) is 26.6. The summed E-state index contributed by atoms with van der Waals surface area (Å²) in [7, 11) is 0. The molecule has 1 N–H and O–H groups in total. The van der Waals surface area contributed by atoms with E-state index in [1.807, 2.05) is 61.5 Å². The van der Waals surface area contributed by atoms with Crippen molar-refractivity contribution in [1.29, 1.82) is 0 Å². The SMILES string of the molecule is CCCc1cccc(C(=O)N(CCCNC(=O)OC(C)(C)C)C(CC)c2nc3onc(C)c3c(=O)n2Cc2ccccc2)c1. The molecule has 234 valence electrons. The molecule has 2 aromatic heterocycles. The predicted molar refractivity (Wildman–Crippen MR) is 170 cm³/mol. The predicted octanol–water partition coefficient (Wildman–Crippen LogP) is 6.20. The van der Waals surface area contributed by atoms with Gasteiger partial charge in [0.25, 0.3) is 17.2 Å². The summed E-state index contributed by atoms with van der Waals surface area (Å²) in [5.74, 6) is 0.240. The van der Waals surface area contributed by atoms with Crippen LogP contribution in [0.5, 0.6) is 0 Å². The lowest BCUT2D eigenvalue weighted by Crippen LogP contribution is -2.41. The first-order valence-electron chi connectivity index (χ1n) is 15.3. The van der Waals surface area contributed by atoms with Crippen molar-refractivity contribution in [3.05, 3.63) is 93.2 Å². The average Bonchev–Trinajstić information content (AvgIpc) is 3.36. The Morgan fingerprint density at radius 3 is 2.48 bits per heavy atom. The van der Waals surface area contributed by atoms with E-state index in [-0.39, 0.29) is 23.7 Å². The number of nitrogens with one attached hydrogen (secondary N) is 1. The minimum absolute atomic E-state index is 0.147. The van der Waals surface area contributed by atoms with Gasteiger partial charge in [-0.25, -0.2) is 4.79 Å². The van der Waals surface area contributed by atoms with Gasteiger partial charge in [-0.15, -0.1) is 0 Å². The monoisotopic (exact) mass is 601 g/mol. The van der Waals surface area contributed by atoms with Crippen molar-refractivity contribution in [1.82, 2.24) is 24.9 Å². The van der Waals surface area contributed by atoms with Crippen molar-refractivity contribution in [2.24, 2.45) is 0 Å². The van der Waals surface area contributed by atoms with Gasteiger partial charge in [0.1, 0.15) is 16.8 Å². The van der Waals surface area contributed by atoms with E-state index in [2.05, 4.69) is 17.4 Å². The van der Waals surface area contributed by atoms with Gasteiger partial charge in [0.2, 0.25) is 0 Å². The number of hydrogen-bond donors (Lipinski definition) is 1. The van der Waals surface area contributed by atoms with Crippen molar-refractivity contribution in [3.8, 4) is 0 Å². The van der Waals surface area contributed by atoms with Crippen molar-refractivity contribution in [3.63, 3.8) is 0 Å². The topological polar surface area (TPSA) is 120 Å². The van der Waals surface area contributed by atoms with Crippen LogP contribution in [0.25, 0.3) is 11.1 Å². The smallest absolute Gasteiger partial charge is 0.407 e. The molecule has 0 saturated carbocycles. The Morgan fingerprint density at radius 1 is 1.07 bits per heavy atom. The third-order valence-electron chi connectivity index (χ3n) is 7.26. The van der Waals surface area contributed by atoms with Crippen LogP contribution in [0.2, 0.25) is 0 Å². The molecule has 0 aliphatic rings. The Hall–Kier alpha value is -4.47. The average molecular weight is 602 g/mol. The molecule has 0 fully saturated rings. The Kier molecular flexibility index (Phi) is 10.6. The molecular formula is C34H43N5O5. The van der Waals surface area contributed by atoms with Gasteiger partial charge < -0.3 is 19.5 Å². The Labute approximate surface area is 258 Å². The second kappa shape index (κ2) is 14.3. The molecule has 2 heterocycles. The van der Waals surface area contributed by atoms with E-state index in [0.29, 0.717) is 48.4 Å². The van der Waals surface area contributed by atoms with Gasteiger partial charge in [-0.05, 0) is 70.2 Å². The first-order valence-corrected chi connectivity index (χ1v) is 15.3. The molecule has 2 aromatic carbocycles. The van der Waals surface area contributed by atoms with Crippen LogP contribution >= 0.6 is 0 Å². The minimum Gasteiger partial charge on any atom is -0.444 e. The number of alkyl carbamates (subject to hydrolysis) is 1. The van der Waals surface area contributed by atoms with Gasteiger partial charge in [-0.1, -0.05) is 67.9 Å². The number of aromatic nitrogens is 3.